The van der Waals surface area contributed by atoms with Crippen molar-refractivity contribution in [3.8, 4) is 0 Å². The van der Waals surface area contributed by atoms with E-state index in [1.165, 1.54) is 63.4 Å². The van der Waals surface area contributed by atoms with Gasteiger partial charge in [0.2, 0.25) is 0 Å². The molecule has 0 bridgehead atoms. The first-order valence-electron chi connectivity index (χ1n) is 14.5. The minimum Gasteiger partial charge on any atom is -0.462 e. The lowest BCUT2D eigenvalue weighted by atomic mass is 9.32. The first kappa shape index (κ1) is 24.9. The molecule has 5 aliphatic carbocycles. The molecule has 5 fully saturated rings. The topological polar surface area (TPSA) is 26.3 Å². The van der Waals surface area contributed by atoms with Crippen molar-refractivity contribution in [2.75, 3.05) is 0 Å². The Morgan fingerprint density at radius 2 is 1.47 bits per heavy atom. The molecule has 0 heterocycles. The number of allylic oxidation sites excluding steroid dienone is 1. The maximum Gasteiger partial charge on any atom is 0.302 e. The van der Waals surface area contributed by atoms with Crippen molar-refractivity contribution in [2.24, 2.45) is 56.7 Å². The highest BCUT2D eigenvalue weighted by Crippen LogP contribution is 2.77. The summed E-state index contributed by atoms with van der Waals surface area (Å²) in [5.74, 6) is 3.74. The van der Waals surface area contributed by atoms with Crippen molar-refractivity contribution in [2.45, 2.75) is 126 Å². The van der Waals surface area contributed by atoms with Crippen molar-refractivity contribution < 1.29 is 9.53 Å². The van der Waals surface area contributed by atoms with Gasteiger partial charge in [-0.05, 0) is 122 Å². The van der Waals surface area contributed by atoms with E-state index < -0.39 is 0 Å². The Hall–Kier alpha value is -0.790. The van der Waals surface area contributed by atoms with Crippen LogP contribution >= 0.6 is 0 Å². The van der Waals surface area contributed by atoms with Gasteiger partial charge in [0.15, 0.2) is 0 Å². The molecule has 0 amide bonds. The normalized spacial score (nSPS) is 53.6. The van der Waals surface area contributed by atoms with Crippen LogP contribution in [0.15, 0.2) is 12.2 Å². The van der Waals surface area contributed by atoms with Crippen LogP contribution in [0.1, 0.15) is 120 Å². The standard InChI is InChI=1S/C32H52O2/c1-20(2)22-12-15-29(6)18-19-31(8)23(27(22)29)10-11-25-30(7)16-14-26(34-21(3)33)28(4,5)24(30)13-17-32(25,31)9/h22-27H,1,10-19H2,2-9H3/t22-,23+,24-,25-,26+,27+,29+,30-,31+,32+/m0/s1. The van der Waals surface area contributed by atoms with Crippen molar-refractivity contribution >= 4 is 5.97 Å². The highest BCUT2D eigenvalue weighted by atomic mass is 16.5. The third-order valence-electron chi connectivity index (χ3n) is 13.7. The van der Waals surface area contributed by atoms with E-state index in [1.54, 1.807) is 6.92 Å². The lowest BCUT2D eigenvalue weighted by Crippen LogP contribution is -2.66. The summed E-state index contributed by atoms with van der Waals surface area (Å²) in [5.41, 5.74) is 3.23. The van der Waals surface area contributed by atoms with Gasteiger partial charge in [-0.15, -0.1) is 0 Å². The van der Waals surface area contributed by atoms with E-state index in [0.717, 1.165) is 30.1 Å². The van der Waals surface area contributed by atoms with Gasteiger partial charge in [0, 0.05) is 12.3 Å². The summed E-state index contributed by atoms with van der Waals surface area (Å²) in [6.07, 6.45) is 13.4. The number of fused-ring (bicyclic) bond motifs is 7. The predicted octanol–water partition coefficient (Wildman–Crippen LogP) is 8.60. The van der Waals surface area contributed by atoms with Gasteiger partial charge in [-0.25, -0.2) is 0 Å². The number of hydrogen-bond acceptors (Lipinski definition) is 2. The lowest BCUT2D eigenvalue weighted by Gasteiger charge is -2.73. The third kappa shape index (κ3) is 3.08. The molecule has 0 aromatic rings. The second kappa shape index (κ2) is 7.61. The molecule has 5 rings (SSSR count). The molecule has 0 N–H and O–H groups in total. The van der Waals surface area contributed by atoms with Crippen LogP contribution in [0, 0.1) is 56.7 Å². The maximum atomic E-state index is 11.9. The van der Waals surface area contributed by atoms with E-state index >= 15 is 0 Å². The number of ether oxygens (including phenoxy) is 1. The number of rotatable bonds is 2. The third-order valence-corrected chi connectivity index (χ3v) is 13.7. The summed E-state index contributed by atoms with van der Waals surface area (Å²) in [6, 6.07) is 0. The molecule has 5 saturated carbocycles. The summed E-state index contributed by atoms with van der Waals surface area (Å²) in [4.78, 5) is 11.9. The van der Waals surface area contributed by atoms with Crippen LogP contribution < -0.4 is 0 Å². The molecular weight excluding hydrogens is 416 g/mol. The van der Waals surface area contributed by atoms with E-state index in [1.807, 2.05) is 0 Å². The Morgan fingerprint density at radius 1 is 0.765 bits per heavy atom. The van der Waals surface area contributed by atoms with Crippen LogP contribution in [0.3, 0.4) is 0 Å². The molecule has 0 spiro atoms. The average molecular weight is 469 g/mol. The zero-order valence-electron chi connectivity index (χ0n) is 23.6. The van der Waals surface area contributed by atoms with Gasteiger partial charge in [0.25, 0.3) is 0 Å². The Bertz CT molecular complexity index is 872. The molecule has 10 atom stereocenters. The van der Waals surface area contributed by atoms with Crippen LogP contribution in [0.2, 0.25) is 0 Å². The number of esters is 1. The molecule has 2 heteroatoms. The maximum absolute atomic E-state index is 11.9. The summed E-state index contributed by atoms with van der Waals surface area (Å²) >= 11 is 0. The van der Waals surface area contributed by atoms with Crippen molar-refractivity contribution in [3.63, 3.8) is 0 Å². The van der Waals surface area contributed by atoms with Gasteiger partial charge in [-0.1, -0.05) is 53.7 Å². The molecule has 0 radical (unpaired) electrons. The van der Waals surface area contributed by atoms with Crippen LogP contribution in [-0.2, 0) is 9.53 Å². The highest BCUT2D eigenvalue weighted by molar-refractivity contribution is 5.66. The molecular formula is C32H52O2. The highest BCUT2D eigenvalue weighted by Gasteiger charge is 2.70. The fourth-order valence-corrected chi connectivity index (χ4v) is 11.9. The Kier molecular flexibility index (Phi) is 5.57. The molecule has 0 aromatic carbocycles. The first-order chi connectivity index (χ1) is 15.7. The number of carbonyl (C=O) groups is 1. The van der Waals surface area contributed by atoms with Crippen LogP contribution in [0.5, 0.6) is 0 Å². The number of carbonyl (C=O) groups excluding carboxylic acids is 1. The molecule has 34 heavy (non-hydrogen) atoms. The SMILES string of the molecule is C=C(C)[C@@H]1CC[C@]2(C)CC[C@]3(C)[C@H](CC[C@H]4[C@@]5(C)CC[C@@H](OC(C)=O)C(C)(C)[C@@H]5CC[C@]43C)[C@@H]12. The zero-order valence-corrected chi connectivity index (χ0v) is 23.6. The largest absolute Gasteiger partial charge is 0.462 e. The van der Waals surface area contributed by atoms with E-state index in [-0.39, 0.29) is 17.5 Å². The first-order valence-corrected chi connectivity index (χ1v) is 14.5. The van der Waals surface area contributed by atoms with Crippen molar-refractivity contribution in [1.29, 1.82) is 0 Å². The Balaban J connectivity index is 1.50. The number of hydrogen-bond donors (Lipinski definition) is 0. The molecule has 0 aromatic heterocycles. The van der Waals surface area contributed by atoms with Gasteiger partial charge in [0.1, 0.15) is 6.10 Å². The molecule has 2 nitrogen and oxygen atoms in total. The monoisotopic (exact) mass is 468 g/mol. The van der Waals surface area contributed by atoms with Gasteiger partial charge < -0.3 is 4.74 Å². The predicted molar refractivity (Wildman–Crippen MR) is 140 cm³/mol. The Morgan fingerprint density at radius 3 is 2.12 bits per heavy atom. The zero-order chi connectivity index (χ0) is 24.9. The van der Waals surface area contributed by atoms with E-state index in [2.05, 4.69) is 55.0 Å². The van der Waals surface area contributed by atoms with E-state index in [4.69, 9.17) is 4.74 Å². The summed E-state index contributed by atoms with van der Waals surface area (Å²) < 4.78 is 5.91. The molecule has 5 aliphatic rings. The van der Waals surface area contributed by atoms with Crippen LogP contribution in [0.25, 0.3) is 0 Å². The molecule has 0 unspecified atom stereocenters. The van der Waals surface area contributed by atoms with Crippen LogP contribution in [-0.4, -0.2) is 12.1 Å². The van der Waals surface area contributed by atoms with E-state index in [0.29, 0.717) is 27.6 Å². The van der Waals surface area contributed by atoms with E-state index in [9.17, 15) is 4.79 Å². The average Bonchev–Trinajstić information content (AvgIpc) is 3.08. The summed E-state index contributed by atoms with van der Waals surface area (Å²) in [7, 11) is 0. The molecule has 0 aliphatic heterocycles. The lowest BCUT2D eigenvalue weighted by molar-refractivity contribution is -0.248. The van der Waals surface area contributed by atoms with Gasteiger partial charge in [0.05, 0.1) is 0 Å². The summed E-state index contributed by atoms with van der Waals surface area (Å²) in [6.45, 7) is 23.9. The van der Waals surface area contributed by atoms with Crippen molar-refractivity contribution in [1.82, 2.24) is 0 Å². The second-order valence-electron chi connectivity index (χ2n) is 15.3. The molecule has 192 valence electrons. The fraction of sp³-hybridized carbons (Fsp3) is 0.906. The minimum absolute atomic E-state index is 0.0550. The second-order valence-corrected chi connectivity index (χ2v) is 15.3. The summed E-state index contributed by atoms with van der Waals surface area (Å²) in [5, 5.41) is 0. The minimum atomic E-state index is -0.107. The van der Waals surface area contributed by atoms with Crippen molar-refractivity contribution in [3.05, 3.63) is 12.2 Å². The molecule has 0 saturated heterocycles. The van der Waals surface area contributed by atoms with Crippen LogP contribution in [0.4, 0.5) is 0 Å². The fourth-order valence-electron chi connectivity index (χ4n) is 11.9. The Labute approximate surface area is 210 Å². The smallest absolute Gasteiger partial charge is 0.302 e. The van der Waals surface area contributed by atoms with Gasteiger partial charge in [-0.3, -0.25) is 4.79 Å². The van der Waals surface area contributed by atoms with Gasteiger partial charge in [-0.2, -0.15) is 0 Å². The van der Waals surface area contributed by atoms with Gasteiger partial charge >= 0.3 is 5.97 Å². The quantitative estimate of drug-likeness (QED) is 0.299.